The quantitative estimate of drug-likeness (QED) is 0.0521. The molecule has 17 nitrogen and oxygen atoms in total. The predicted octanol–water partition coefficient (Wildman–Crippen LogP) is 3.20. The Labute approximate surface area is 397 Å². The molecule has 65 heavy (non-hydrogen) atoms. The zero-order valence-corrected chi connectivity index (χ0v) is 40.7. The van der Waals surface area contributed by atoms with Crippen molar-refractivity contribution < 1.29 is 53.4 Å². The van der Waals surface area contributed by atoms with E-state index in [1.807, 2.05) is 0 Å². The van der Waals surface area contributed by atoms with Gasteiger partial charge in [0.25, 0.3) is 11.8 Å². The summed E-state index contributed by atoms with van der Waals surface area (Å²) < 4.78 is 1.63. The molecule has 0 unspecified atom stereocenters. The van der Waals surface area contributed by atoms with E-state index in [9.17, 15) is 53.4 Å². The Morgan fingerprint density at radius 3 is 1.60 bits per heavy atom. The smallest absolute Gasteiger partial charge is 0.251 e. The van der Waals surface area contributed by atoms with Gasteiger partial charge in [0.2, 0.25) is 17.7 Å². The summed E-state index contributed by atoms with van der Waals surface area (Å²) in [4.78, 5) is 118. The van der Waals surface area contributed by atoms with E-state index in [-0.39, 0.29) is 62.8 Å². The number of halogens is 2. The molecule has 8 N–H and O–H groups in total. The van der Waals surface area contributed by atoms with Crippen LogP contribution in [0.1, 0.15) is 105 Å². The summed E-state index contributed by atoms with van der Waals surface area (Å²) in [5, 5.41) is 31.8. The fourth-order valence-corrected chi connectivity index (χ4v) is 7.47. The molecule has 0 fully saturated rings. The molecule has 0 bridgehead atoms. The summed E-state index contributed by atoms with van der Waals surface area (Å²) in [6.45, 7) is 1.94. The van der Waals surface area contributed by atoms with Gasteiger partial charge >= 0.3 is 0 Å². The second-order valence-electron chi connectivity index (χ2n) is 16.2. The topological polar surface area (TPSA) is 271 Å². The van der Waals surface area contributed by atoms with Crippen molar-refractivity contribution in [3.63, 3.8) is 0 Å². The number of benzene rings is 2. The number of carbonyl (C=O) groups excluding carboxylic acids is 9. The molecule has 0 saturated carbocycles. The Morgan fingerprint density at radius 2 is 1.14 bits per heavy atom. The molecule has 2 aromatic rings. The van der Waals surface area contributed by atoms with Gasteiger partial charge in [-0.1, -0.05) is 38.8 Å². The minimum Gasteiger partial charge on any atom is -0.396 e. The number of nitrogens with two attached hydrogens (primary N) is 1. The number of hydrogen-bond acceptors (Lipinski definition) is 12. The van der Waals surface area contributed by atoms with Gasteiger partial charge in [-0.2, -0.15) is 0 Å². The average Bonchev–Trinajstić information content (AvgIpc) is 3.27. The third kappa shape index (κ3) is 20.2. The number of likely N-dealkylation sites (N-methyl/N-ethyl adjacent to an activating group) is 2. The summed E-state index contributed by atoms with van der Waals surface area (Å²) in [5.41, 5.74) is 6.16. The Bertz CT molecular complexity index is 1930. The average molecular weight is 1040 g/mol. The number of aliphatic hydroxyl groups excluding tert-OH is 2. The second-order valence-corrected chi connectivity index (χ2v) is 18.0. The van der Waals surface area contributed by atoms with Crippen LogP contribution in [0.2, 0.25) is 0 Å². The van der Waals surface area contributed by atoms with Crippen LogP contribution in [0.4, 0.5) is 0 Å². The van der Waals surface area contributed by atoms with Crippen LogP contribution < -0.4 is 27.0 Å². The Hall–Kier alpha value is -4.69. The normalized spacial score (nSPS) is 13.8. The number of ketones is 4. The molecule has 0 spiro atoms. The van der Waals surface area contributed by atoms with Crippen molar-refractivity contribution in [2.45, 2.75) is 103 Å². The maximum Gasteiger partial charge on any atom is 0.251 e. The van der Waals surface area contributed by atoms with Crippen molar-refractivity contribution in [1.82, 2.24) is 26.2 Å². The van der Waals surface area contributed by atoms with Gasteiger partial charge in [0.05, 0.1) is 43.2 Å². The Balaban J connectivity index is 2.24. The van der Waals surface area contributed by atoms with Gasteiger partial charge in [-0.3, -0.25) is 43.2 Å². The van der Waals surface area contributed by atoms with Crippen LogP contribution in [-0.2, 0) is 33.6 Å². The SMILES string of the molecule is CN[C@@H](CCC(N)=O)C(=O)C[C@@H](CO)C(=O)N(C)[C@@H](CCCCNC(=O)c1ccc(Br)cc1)C(=O)C[C@@H](CO)C(=O)N[C@@H](CCCCNC(=O)c1ccc(Br)cc1)C(=O)C[C@@H](C)C(C)=O. The highest BCUT2D eigenvalue weighted by atomic mass is 79.9. The van der Waals surface area contributed by atoms with Gasteiger partial charge in [-0.05, 0) is 107 Å². The van der Waals surface area contributed by atoms with Gasteiger partial charge in [-0.15, -0.1) is 0 Å². The van der Waals surface area contributed by atoms with Gasteiger partial charge in [0.15, 0.2) is 17.3 Å². The highest BCUT2D eigenvalue weighted by molar-refractivity contribution is 9.10. The summed E-state index contributed by atoms with van der Waals surface area (Å²) in [5.74, 6) is -7.65. The van der Waals surface area contributed by atoms with E-state index < -0.39 is 97.0 Å². The lowest BCUT2D eigenvalue weighted by atomic mass is 9.91. The van der Waals surface area contributed by atoms with E-state index in [4.69, 9.17) is 5.73 Å². The van der Waals surface area contributed by atoms with Crippen molar-refractivity contribution in [2.24, 2.45) is 23.5 Å². The van der Waals surface area contributed by atoms with E-state index in [0.717, 1.165) is 13.8 Å². The summed E-state index contributed by atoms with van der Waals surface area (Å²) >= 11 is 6.66. The maximum atomic E-state index is 14.2. The van der Waals surface area contributed by atoms with Crippen molar-refractivity contribution in [2.75, 3.05) is 40.4 Å². The summed E-state index contributed by atoms with van der Waals surface area (Å²) in [6, 6.07) is 10.5. The number of nitrogens with zero attached hydrogens (tertiary/aromatic N) is 1. The van der Waals surface area contributed by atoms with Crippen molar-refractivity contribution in [1.29, 1.82) is 0 Å². The molecule has 358 valence electrons. The van der Waals surface area contributed by atoms with Crippen LogP contribution in [0.25, 0.3) is 0 Å². The van der Waals surface area contributed by atoms with Crippen LogP contribution >= 0.6 is 31.9 Å². The molecule has 0 saturated heterocycles. The summed E-state index contributed by atoms with van der Waals surface area (Å²) in [6.07, 6.45) is 0.617. The number of primary amides is 1. The molecule has 2 rings (SSSR count). The van der Waals surface area contributed by atoms with E-state index in [0.29, 0.717) is 36.8 Å². The predicted molar refractivity (Wildman–Crippen MR) is 250 cm³/mol. The number of hydrogen-bond donors (Lipinski definition) is 7. The molecular formula is C46H64Br2N6O11. The molecule has 0 aromatic heterocycles. The second kappa shape index (κ2) is 29.8. The third-order valence-corrected chi connectivity index (χ3v) is 12.2. The molecule has 0 aliphatic carbocycles. The Kier molecular flexibility index (Phi) is 25.8. The van der Waals surface area contributed by atoms with E-state index in [1.165, 1.54) is 21.0 Å². The van der Waals surface area contributed by atoms with Gasteiger partial charge in [-0.25, -0.2) is 0 Å². The number of rotatable bonds is 32. The standard InChI is InChI=1S/C46H64Br2N6O11/c1-28(29(2)57)23-39(58)37(9-5-7-21-51-43(62)30-11-15-34(47)16-12-30)53-45(64)32(26-55)24-41(60)38(10-6-8-22-52-44(63)31-13-17-35(48)18-14-31)54(4)46(65)33(27-56)25-40(59)36(50-3)19-20-42(49)61/h11-18,28,32-33,36-38,50,55-56H,5-10,19-27H2,1-4H3,(H2,49,61)(H,51,62)(H,52,63)(H,53,64)/t28-,32+,33+,36+,37+,38+/m1/s1. The van der Waals surface area contributed by atoms with Gasteiger partial charge in [0, 0.05) is 71.8 Å². The molecule has 19 heteroatoms. The highest BCUT2D eigenvalue weighted by Gasteiger charge is 2.35. The molecule has 0 aliphatic rings. The number of Topliss-reactive ketones (excluding diaryl/α,β-unsaturated/α-hetero) is 4. The van der Waals surface area contributed by atoms with Crippen molar-refractivity contribution in [3.8, 4) is 0 Å². The van der Waals surface area contributed by atoms with E-state index >= 15 is 0 Å². The fourth-order valence-electron chi connectivity index (χ4n) is 6.94. The van der Waals surface area contributed by atoms with Gasteiger partial charge < -0.3 is 42.1 Å². The number of unbranched alkanes of at least 4 members (excludes halogenated alkanes) is 2. The number of aliphatic hydroxyl groups is 2. The van der Waals surface area contributed by atoms with Crippen molar-refractivity contribution >= 4 is 84.5 Å². The number of amides is 5. The van der Waals surface area contributed by atoms with Crippen LogP contribution in [0, 0.1) is 17.8 Å². The lowest BCUT2D eigenvalue weighted by Crippen LogP contribution is -2.49. The molecular weight excluding hydrogens is 972 g/mol. The first-order valence-electron chi connectivity index (χ1n) is 21.7. The first-order chi connectivity index (χ1) is 30.8. The minimum atomic E-state index is -1.35. The zero-order valence-electron chi connectivity index (χ0n) is 37.5. The van der Waals surface area contributed by atoms with Crippen LogP contribution in [0.3, 0.4) is 0 Å². The fraction of sp³-hybridized carbons (Fsp3) is 0.543. The highest BCUT2D eigenvalue weighted by Crippen LogP contribution is 2.21. The molecule has 0 radical (unpaired) electrons. The molecule has 6 atom stereocenters. The lowest BCUT2D eigenvalue weighted by molar-refractivity contribution is -0.145. The number of nitrogens with one attached hydrogen (secondary N) is 4. The first kappa shape index (κ1) is 56.4. The number of carbonyl (C=O) groups is 9. The maximum absolute atomic E-state index is 14.2. The van der Waals surface area contributed by atoms with Crippen LogP contribution in [-0.4, -0.2) is 126 Å². The molecule has 0 heterocycles. The molecule has 0 aliphatic heterocycles. The monoisotopic (exact) mass is 1030 g/mol. The minimum absolute atomic E-state index is 0.0568. The largest absolute Gasteiger partial charge is 0.396 e. The summed E-state index contributed by atoms with van der Waals surface area (Å²) in [7, 11) is 2.85. The van der Waals surface area contributed by atoms with Crippen LogP contribution in [0.15, 0.2) is 57.5 Å². The van der Waals surface area contributed by atoms with E-state index in [2.05, 4.69) is 53.1 Å². The zero-order chi connectivity index (χ0) is 48.6. The third-order valence-electron chi connectivity index (χ3n) is 11.2. The van der Waals surface area contributed by atoms with Crippen molar-refractivity contribution in [3.05, 3.63) is 68.6 Å². The van der Waals surface area contributed by atoms with E-state index in [1.54, 1.807) is 55.5 Å². The molecule has 2 aromatic carbocycles. The Morgan fingerprint density at radius 1 is 0.662 bits per heavy atom. The molecule has 5 amide bonds. The van der Waals surface area contributed by atoms with Gasteiger partial charge in [0.1, 0.15) is 5.78 Å². The van der Waals surface area contributed by atoms with Crippen LogP contribution in [0.5, 0.6) is 0 Å². The lowest BCUT2D eigenvalue weighted by Gasteiger charge is -2.31. The first-order valence-corrected chi connectivity index (χ1v) is 23.3.